The number of pyridine rings is 1. The first-order valence-electron chi connectivity index (χ1n) is 9.18. The Morgan fingerprint density at radius 1 is 1.38 bits per heavy atom. The number of carbonyl (C=O) groups excluding carboxylic acids is 1. The van der Waals surface area contributed by atoms with Gasteiger partial charge >= 0.3 is 0 Å². The topological polar surface area (TPSA) is 64.8 Å². The molecule has 4 rings (SSSR count). The molecule has 2 saturated heterocycles. The van der Waals surface area contributed by atoms with Crippen molar-refractivity contribution < 1.29 is 18.7 Å². The number of aromatic nitrogens is 1. The van der Waals surface area contributed by atoms with E-state index in [1.54, 1.807) is 12.3 Å². The van der Waals surface area contributed by atoms with Crippen LogP contribution in [0.2, 0.25) is 0 Å². The summed E-state index contributed by atoms with van der Waals surface area (Å²) in [7, 11) is 0. The number of hydrogen-bond donors (Lipinski definition) is 0. The zero-order valence-corrected chi connectivity index (χ0v) is 14.8. The minimum absolute atomic E-state index is 0.0203. The second-order valence-electron chi connectivity index (χ2n) is 7.17. The lowest BCUT2D eigenvalue weighted by Gasteiger charge is -2.50. The first-order valence-corrected chi connectivity index (χ1v) is 9.18. The number of likely N-dealkylation sites (tertiary alicyclic amines) is 1. The van der Waals surface area contributed by atoms with Gasteiger partial charge in [0.15, 0.2) is 0 Å². The zero-order chi connectivity index (χ0) is 17.8. The highest BCUT2D eigenvalue weighted by Crippen LogP contribution is 2.41. The molecule has 0 saturated carbocycles. The van der Waals surface area contributed by atoms with E-state index < -0.39 is 0 Å². The van der Waals surface area contributed by atoms with Crippen molar-refractivity contribution >= 4 is 5.91 Å². The molecule has 2 aliphatic rings. The van der Waals surface area contributed by atoms with Gasteiger partial charge in [0.25, 0.3) is 5.91 Å². The van der Waals surface area contributed by atoms with E-state index in [1.807, 2.05) is 23.1 Å². The molecule has 0 radical (unpaired) electrons. The quantitative estimate of drug-likeness (QED) is 0.824. The van der Waals surface area contributed by atoms with Crippen molar-refractivity contribution in [2.45, 2.75) is 32.0 Å². The zero-order valence-electron chi connectivity index (χ0n) is 14.8. The average molecular weight is 356 g/mol. The minimum atomic E-state index is -0.148. The number of carbonyl (C=O) groups is 1. The second-order valence-corrected chi connectivity index (χ2v) is 7.17. The number of ether oxygens (including phenoxy) is 2. The van der Waals surface area contributed by atoms with Gasteiger partial charge in [0.1, 0.15) is 6.26 Å². The third-order valence-electron chi connectivity index (χ3n) is 5.41. The van der Waals surface area contributed by atoms with Crippen LogP contribution in [0.15, 0.2) is 47.4 Å². The molecule has 0 aromatic carbocycles. The van der Waals surface area contributed by atoms with Crippen molar-refractivity contribution in [3.05, 3.63) is 54.2 Å². The van der Waals surface area contributed by atoms with Crippen molar-refractivity contribution in [1.82, 2.24) is 9.88 Å². The standard InChI is InChI=1S/C20H24N2O4/c23-19(16-6-11-24-12-16)22-9-5-18-20(14-22,7-3-10-26-18)15-25-13-17-4-1-2-8-21-17/h1-2,4,6,8,11-12,18H,3,5,7,9-10,13-15H2/t18-,20+/m0/s1. The van der Waals surface area contributed by atoms with Gasteiger partial charge in [0, 0.05) is 31.3 Å². The predicted octanol–water partition coefficient (Wildman–Crippen LogP) is 2.90. The summed E-state index contributed by atoms with van der Waals surface area (Å²) in [6.45, 7) is 3.21. The highest BCUT2D eigenvalue weighted by atomic mass is 16.5. The molecule has 4 heterocycles. The first kappa shape index (κ1) is 17.2. The number of fused-ring (bicyclic) bond motifs is 1. The van der Waals surface area contributed by atoms with Crippen molar-refractivity contribution in [2.24, 2.45) is 5.41 Å². The van der Waals surface area contributed by atoms with E-state index in [9.17, 15) is 4.79 Å². The molecular weight excluding hydrogens is 332 g/mol. The molecule has 2 aliphatic heterocycles. The van der Waals surface area contributed by atoms with Gasteiger partial charge in [0.2, 0.25) is 0 Å². The van der Waals surface area contributed by atoms with Gasteiger partial charge in [-0.25, -0.2) is 0 Å². The van der Waals surface area contributed by atoms with E-state index in [0.29, 0.717) is 31.9 Å². The molecule has 2 fully saturated rings. The molecule has 0 bridgehead atoms. The minimum Gasteiger partial charge on any atom is -0.472 e. The number of nitrogens with zero attached hydrogens (tertiary/aromatic N) is 2. The summed E-state index contributed by atoms with van der Waals surface area (Å²) in [6.07, 6.45) is 7.82. The molecular formula is C20H24N2O4. The van der Waals surface area contributed by atoms with E-state index >= 15 is 0 Å². The Morgan fingerprint density at radius 3 is 3.15 bits per heavy atom. The fraction of sp³-hybridized carbons (Fsp3) is 0.500. The second kappa shape index (κ2) is 7.60. The Kier molecular flexibility index (Phi) is 5.04. The lowest BCUT2D eigenvalue weighted by Crippen LogP contribution is -2.58. The summed E-state index contributed by atoms with van der Waals surface area (Å²) >= 11 is 0. The third-order valence-corrected chi connectivity index (χ3v) is 5.41. The molecule has 26 heavy (non-hydrogen) atoms. The Morgan fingerprint density at radius 2 is 2.35 bits per heavy atom. The third kappa shape index (κ3) is 3.52. The molecule has 2 aromatic rings. The molecule has 6 heteroatoms. The number of hydrogen-bond acceptors (Lipinski definition) is 5. The Balaban J connectivity index is 1.45. The van der Waals surface area contributed by atoms with Gasteiger partial charge < -0.3 is 18.8 Å². The molecule has 0 spiro atoms. The number of rotatable bonds is 5. The van der Waals surface area contributed by atoms with Gasteiger partial charge in [-0.3, -0.25) is 9.78 Å². The maximum Gasteiger partial charge on any atom is 0.257 e. The number of amides is 1. The van der Waals surface area contributed by atoms with Gasteiger partial charge in [0.05, 0.1) is 36.8 Å². The van der Waals surface area contributed by atoms with Crippen molar-refractivity contribution in [3.63, 3.8) is 0 Å². The van der Waals surface area contributed by atoms with Gasteiger partial charge in [-0.2, -0.15) is 0 Å². The summed E-state index contributed by atoms with van der Waals surface area (Å²) in [4.78, 5) is 19.0. The van der Waals surface area contributed by atoms with Crippen LogP contribution in [0.3, 0.4) is 0 Å². The average Bonchev–Trinajstić information content (AvgIpc) is 3.22. The van der Waals surface area contributed by atoms with Crippen LogP contribution < -0.4 is 0 Å². The smallest absolute Gasteiger partial charge is 0.257 e. The van der Waals surface area contributed by atoms with Crippen molar-refractivity contribution in [2.75, 3.05) is 26.3 Å². The van der Waals surface area contributed by atoms with Crippen LogP contribution >= 0.6 is 0 Å². The molecule has 2 aromatic heterocycles. The molecule has 0 N–H and O–H groups in total. The molecule has 6 nitrogen and oxygen atoms in total. The first-order chi connectivity index (χ1) is 12.8. The summed E-state index contributed by atoms with van der Waals surface area (Å²) < 4.78 is 17.2. The molecule has 2 atom stereocenters. The summed E-state index contributed by atoms with van der Waals surface area (Å²) in [6, 6.07) is 7.54. The van der Waals surface area contributed by atoms with Crippen molar-refractivity contribution in [3.8, 4) is 0 Å². The van der Waals surface area contributed by atoms with Gasteiger partial charge in [-0.1, -0.05) is 6.07 Å². The number of piperidine rings is 1. The Labute approximate surface area is 153 Å². The molecule has 1 amide bonds. The Hall–Kier alpha value is -2.18. The summed E-state index contributed by atoms with van der Waals surface area (Å²) in [5.41, 5.74) is 1.37. The Bertz CT molecular complexity index is 719. The highest BCUT2D eigenvalue weighted by molar-refractivity contribution is 5.93. The fourth-order valence-corrected chi connectivity index (χ4v) is 4.09. The van der Waals surface area contributed by atoms with Crippen LogP contribution in [0.4, 0.5) is 0 Å². The van der Waals surface area contributed by atoms with E-state index in [2.05, 4.69) is 4.98 Å². The monoisotopic (exact) mass is 356 g/mol. The van der Waals surface area contributed by atoms with Gasteiger partial charge in [-0.05, 0) is 37.5 Å². The van der Waals surface area contributed by atoms with E-state index in [-0.39, 0.29) is 17.4 Å². The maximum absolute atomic E-state index is 12.7. The maximum atomic E-state index is 12.7. The SMILES string of the molecule is O=C(c1ccoc1)N1CC[C@@H]2OCCC[C@]2(COCc2ccccn2)C1. The van der Waals surface area contributed by atoms with Crippen LogP contribution in [0.25, 0.3) is 0 Å². The van der Waals surface area contributed by atoms with E-state index in [0.717, 1.165) is 31.6 Å². The summed E-state index contributed by atoms with van der Waals surface area (Å²) in [5, 5.41) is 0. The van der Waals surface area contributed by atoms with Crippen LogP contribution in [-0.4, -0.2) is 48.2 Å². The van der Waals surface area contributed by atoms with Crippen LogP contribution in [0.1, 0.15) is 35.3 Å². The molecule has 0 aliphatic carbocycles. The highest BCUT2D eigenvalue weighted by Gasteiger charge is 2.47. The largest absolute Gasteiger partial charge is 0.472 e. The normalized spacial score (nSPS) is 25.7. The lowest BCUT2D eigenvalue weighted by molar-refractivity contribution is -0.149. The fourth-order valence-electron chi connectivity index (χ4n) is 4.09. The molecule has 138 valence electrons. The van der Waals surface area contributed by atoms with E-state index in [4.69, 9.17) is 13.9 Å². The lowest BCUT2D eigenvalue weighted by atomic mass is 9.73. The van der Waals surface area contributed by atoms with Crippen LogP contribution in [0, 0.1) is 5.41 Å². The predicted molar refractivity (Wildman–Crippen MR) is 94.5 cm³/mol. The number of furan rings is 1. The van der Waals surface area contributed by atoms with Crippen molar-refractivity contribution in [1.29, 1.82) is 0 Å². The van der Waals surface area contributed by atoms with Crippen LogP contribution in [0.5, 0.6) is 0 Å². The van der Waals surface area contributed by atoms with Crippen LogP contribution in [-0.2, 0) is 16.1 Å². The summed E-state index contributed by atoms with van der Waals surface area (Å²) in [5.74, 6) is 0.0203. The van der Waals surface area contributed by atoms with E-state index in [1.165, 1.54) is 12.5 Å². The molecule has 0 unspecified atom stereocenters. The van der Waals surface area contributed by atoms with Gasteiger partial charge in [-0.15, -0.1) is 0 Å².